The van der Waals surface area contributed by atoms with Gasteiger partial charge in [0.25, 0.3) is 0 Å². The molecule has 0 saturated carbocycles. The molecule has 42 heavy (non-hydrogen) atoms. The molecule has 6 N–H and O–H groups in total. The normalized spacial score (nSPS) is 17.0. The lowest BCUT2D eigenvalue weighted by Gasteiger charge is -2.22. The third kappa shape index (κ3) is 6.25. The summed E-state index contributed by atoms with van der Waals surface area (Å²) in [6.45, 7) is 7.25. The molecule has 0 amide bonds. The number of anilines is 4. The Hall–Kier alpha value is -4.00. The molecular formula is C36H42N6. The highest BCUT2D eigenvalue weighted by Crippen LogP contribution is 2.28. The van der Waals surface area contributed by atoms with E-state index in [-0.39, 0.29) is 0 Å². The number of fused-ring (bicyclic) bond motifs is 6. The maximum Gasteiger partial charge on any atom is 0.0421 e. The van der Waals surface area contributed by atoms with Gasteiger partial charge in [-0.2, -0.15) is 0 Å². The zero-order valence-corrected chi connectivity index (χ0v) is 24.4. The predicted molar refractivity (Wildman–Crippen MR) is 176 cm³/mol. The Balaban J connectivity index is 1.10. The van der Waals surface area contributed by atoms with Crippen molar-refractivity contribution in [1.82, 2.24) is 10.6 Å². The maximum absolute atomic E-state index is 3.75. The van der Waals surface area contributed by atoms with Gasteiger partial charge in [0.2, 0.25) is 0 Å². The van der Waals surface area contributed by atoms with Crippen molar-refractivity contribution in [2.45, 2.75) is 51.9 Å². The van der Waals surface area contributed by atoms with Gasteiger partial charge in [-0.3, -0.25) is 0 Å². The van der Waals surface area contributed by atoms with Crippen molar-refractivity contribution in [3.8, 4) is 0 Å². The van der Waals surface area contributed by atoms with E-state index in [0.29, 0.717) is 0 Å². The van der Waals surface area contributed by atoms with Crippen molar-refractivity contribution < 1.29 is 0 Å². The van der Waals surface area contributed by atoms with Crippen LogP contribution in [0.2, 0.25) is 0 Å². The van der Waals surface area contributed by atoms with E-state index in [4.69, 9.17) is 0 Å². The Labute approximate surface area is 249 Å². The second kappa shape index (κ2) is 12.5. The molecule has 0 saturated heterocycles. The van der Waals surface area contributed by atoms with Gasteiger partial charge in [0.15, 0.2) is 0 Å². The van der Waals surface area contributed by atoms with Gasteiger partial charge < -0.3 is 31.9 Å². The van der Waals surface area contributed by atoms with Crippen LogP contribution < -0.4 is 31.9 Å². The average molecular weight is 559 g/mol. The quantitative estimate of drug-likeness (QED) is 0.163. The Morgan fingerprint density at radius 2 is 0.690 bits per heavy atom. The molecule has 0 radical (unpaired) electrons. The van der Waals surface area contributed by atoms with Crippen molar-refractivity contribution in [3.63, 3.8) is 0 Å². The van der Waals surface area contributed by atoms with Gasteiger partial charge in [0, 0.05) is 48.9 Å². The summed E-state index contributed by atoms with van der Waals surface area (Å²) in [5.74, 6) is 0. The summed E-state index contributed by atoms with van der Waals surface area (Å²) in [6.07, 6.45) is 4.10. The lowest BCUT2D eigenvalue weighted by atomic mass is 10.0. The lowest BCUT2D eigenvalue weighted by molar-refractivity contribution is 0.681. The van der Waals surface area contributed by atoms with Crippen LogP contribution in [0.5, 0.6) is 0 Å². The summed E-state index contributed by atoms with van der Waals surface area (Å²) in [7, 11) is 0. The molecule has 0 aromatic heterocycles. The van der Waals surface area contributed by atoms with Crippen LogP contribution in [-0.4, -0.2) is 26.2 Å². The van der Waals surface area contributed by atoms with Gasteiger partial charge in [-0.1, -0.05) is 48.5 Å². The van der Waals surface area contributed by atoms with Crippen LogP contribution in [0.4, 0.5) is 22.7 Å². The molecule has 0 aliphatic carbocycles. The molecule has 3 heterocycles. The van der Waals surface area contributed by atoms with Crippen LogP contribution in [0.15, 0.2) is 72.8 Å². The highest BCUT2D eigenvalue weighted by Gasteiger charge is 2.14. The highest BCUT2D eigenvalue weighted by molar-refractivity contribution is 5.63. The van der Waals surface area contributed by atoms with E-state index in [1.807, 2.05) is 0 Å². The van der Waals surface area contributed by atoms with Crippen LogP contribution in [0, 0.1) is 0 Å². The van der Waals surface area contributed by atoms with E-state index in [1.165, 1.54) is 67.3 Å². The monoisotopic (exact) mass is 558 g/mol. The van der Waals surface area contributed by atoms with Crippen LogP contribution in [0.3, 0.4) is 0 Å². The standard InChI is InChI=1S/C36H42N6/c1-5-29-21-39-33-7-3-25-9-13-37-14-10-26-4-8-34-32(18-26)24-42-36-20-28(2-6-30(36)22-40-34)12-16-38-15-11-27(1)19-35(29)41-23-31(33)17-25/h1-8,17-20,37-42H,9-16,21-24H2. The SMILES string of the molecule is c1cc2c3cc1CCNCCc1ccc4c(c1)CNc1cc(ccc1CN4)CCNCCc1ccc(c(c1)NC3)CN2. The topological polar surface area (TPSA) is 72.2 Å². The van der Waals surface area contributed by atoms with Crippen LogP contribution >= 0.6 is 0 Å². The smallest absolute Gasteiger partial charge is 0.0421 e. The minimum absolute atomic E-state index is 0.834. The van der Waals surface area contributed by atoms with E-state index in [2.05, 4.69) is 105 Å². The summed E-state index contributed by atoms with van der Waals surface area (Å²) in [5.41, 5.74) is 15.8. The maximum atomic E-state index is 3.75. The summed E-state index contributed by atoms with van der Waals surface area (Å²) in [5, 5.41) is 22.2. The van der Waals surface area contributed by atoms with Gasteiger partial charge in [0.05, 0.1) is 0 Å². The second-order valence-electron chi connectivity index (χ2n) is 11.9. The molecule has 0 spiro atoms. The average Bonchev–Trinajstić information content (AvgIpc) is 2.99. The van der Waals surface area contributed by atoms with E-state index >= 15 is 0 Å². The Bertz CT molecular complexity index is 1330. The first-order valence-corrected chi connectivity index (χ1v) is 15.6. The molecule has 3 aliphatic rings. The van der Waals surface area contributed by atoms with Crippen molar-refractivity contribution in [2.75, 3.05) is 47.4 Å². The second-order valence-corrected chi connectivity index (χ2v) is 11.9. The number of hydrogen-bond donors (Lipinski definition) is 6. The molecular weight excluding hydrogens is 516 g/mol. The Morgan fingerprint density at radius 3 is 1.14 bits per heavy atom. The molecule has 0 fully saturated rings. The number of rotatable bonds is 0. The fraction of sp³-hybridized carbons (Fsp3) is 0.333. The van der Waals surface area contributed by atoms with Gasteiger partial charge in [-0.15, -0.1) is 0 Å². The Morgan fingerprint density at radius 1 is 0.333 bits per heavy atom. The lowest BCUT2D eigenvalue weighted by Crippen LogP contribution is -2.21. The van der Waals surface area contributed by atoms with Gasteiger partial charge in [-0.25, -0.2) is 0 Å². The van der Waals surface area contributed by atoms with Crippen LogP contribution in [0.25, 0.3) is 0 Å². The largest absolute Gasteiger partial charge is 0.381 e. The van der Waals surface area contributed by atoms with E-state index in [0.717, 1.165) is 78.0 Å². The van der Waals surface area contributed by atoms with E-state index in [9.17, 15) is 0 Å². The number of nitrogens with one attached hydrogen (secondary N) is 6. The van der Waals surface area contributed by atoms with E-state index in [1.54, 1.807) is 0 Å². The zero-order valence-electron chi connectivity index (χ0n) is 24.4. The first-order chi connectivity index (χ1) is 20.8. The fourth-order valence-corrected chi connectivity index (χ4v) is 6.38. The summed E-state index contributed by atoms with van der Waals surface area (Å²) in [4.78, 5) is 0. The highest BCUT2D eigenvalue weighted by atomic mass is 14.9. The summed E-state index contributed by atoms with van der Waals surface area (Å²) >= 11 is 0. The third-order valence-electron chi connectivity index (χ3n) is 8.93. The van der Waals surface area contributed by atoms with Crippen molar-refractivity contribution in [1.29, 1.82) is 0 Å². The van der Waals surface area contributed by atoms with Crippen molar-refractivity contribution >= 4 is 22.7 Å². The summed E-state index contributed by atoms with van der Waals surface area (Å²) in [6, 6.07) is 27.6. The number of benzene rings is 4. The van der Waals surface area contributed by atoms with Crippen LogP contribution in [-0.2, 0) is 51.9 Å². The van der Waals surface area contributed by atoms with E-state index < -0.39 is 0 Å². The van der Waals surface area contributed by atoms with Gasteiger partial charge in [-0.05, 0) is 121 Å². The molecule has 6 heteroatoms. The molecule has 7 rings (SSSR count). The molecule has 0 unspecified atom stereocenters. The predicted octanol–water partition coefficient (Wildman–Crippen LogP) is 5.82. The molecule has 0 atom stereocenters. The first-order valence-electron chi connectivity index (χ1n) is 15.6. The van der Waals surface area contributed by atoms with Crippen molar-refractivity contribution in [2.24, 2.45) is 0 Å². The minimum Gasteiger partial charge on any atom is -0.381 e. The van der Waals surface area contributed by atoms with Crippen molar-refractivity contribution in [3.05, 3.63) is 117 Å². The fourth-order valence-electron chi connectivity index (χ4n) is 6.38. The molecule has 6 nitrogen and oxygen atoms in total. The number of hydrogen-bond acceptors (Lipinski definition) is 6. The molecule has 3 aliphatic heterocycles. The van der Waals surface area contributed by atoms with Gasteiger partial charge >= 0.3 is 0 Å². The Kier molecular flexibility index (Phi) is 7.98. The third-order valence-corrected chi connectivity index (χ3v) is 8.93. The zero-order chi connectivity index (χ0) is 28.1. The van der Waals surface area contributed by atoms with Gasteiger partial charge in [0.1, 0.15) is 0 Å². The molecule has 8 bridgehead atoms. The molecule has 4 aromatic carbocycles. The summed E-state index contributed by atoms with van der Waals surface area (Å²) < 4.78 is 0. The van der Waals surface area contributed by atoms with Crippen LogP contribution in [0.1, 0.15) is 44.5 Å². The minimum atomic E-state index is 0.834. The molecule has 216 valence electrons. The molecule has 4 aromatic rings. The first kappa shape index (κ1) is 26.9.